The van der Waals surface area contributed by atoms with Gasteiger partial charge in [-0.25, -0.2) is 4.39 Å². The molecule has 3 rings (SSSR count). The van der Waals surface area contributed by atoms with Crippen molar-refractivity contribution >= 4 is 17.3 Å². The second kappa shape index (κ2) is 5.78. The van der Waals surface area contributed by atoms with Crippen LogP contribution in [0.2, 0.25) is 0 Å². The van der Waals surface area contributed by atoms with E-state index in [9.17, 15) is 14.4 Å². The number of benzene rings is 1. The number of nitrogens with one attached hydrogen (secondary N) is 1. The molecule has 1 heterocycles. The average molecular weight is 330 g/mol. The number of fused-ring (bicyclic) bond motifs is 1. The van der Waals surface area contributed by atoms with Gasteiger partial charge < -0.3 is 14.9 Å². The fourth-order valence-corrected chi connectivity index (χ4v) is 3.14. The quantitative estimate of drug-likeness (QED) is 0.642. The van der Waals surface area contributed by atoms with E-state index in [0.717, 1.165) is 0 Å². The van der Waals surface area contributed by atoms with Crippen LogP contribution in [0, 0.1) is 18.2 Å². The first kappa shape index (κ1) is 16.2. The highest BCUT2D eigenvalue weighted by molar-refractivity contribution is 6.09. The van der Waals surface area contributed by atoms with Gasteiger partial charge in [0.25, 0.3) is 5.91 Å². The van der Waals surface area contributed by atoms with Gasteiger partial charge in [0.15, 0.2) is 5.76 Å². The Morgan fingerprint density at radius 1 is 1.29 bits per heavy atom. The topological polar surface area (TPSA) is 74.8 Å². The van der Waals surface area contributed by atoms with Crippen molar-refractivity contribution in [1.29, 1.82) is 0 Å². The molecule has 0 radical (unpaired) electrons. The van der Waals surface area contributed by atoms with Crippen molar-refractivity contribution in [2.75, 3.05) is 5.32 Å². The van der Waals surface area contributed by atoms with Gasteiger partial charge in [0.2, 0.25) is 0 Å². The molecule has 6 heteroatoms. The average Bonchev–Trinajstić information content (AvgIpc) is 2.84. The molecule has 0 spiro atoms. The van der Waals surface area contributed by atoms with E-state index >= 15 is 0 Å². The van der Waals surface area contributed by atoms with Gasteiger partial charge in [-0.15, -0.1) is 0 Å². The van der Waals surface area contributed by atoms with Gasteiger partial charge in [-0.05, 0) is 43.0 Å². The van der Waals surface area contributed by atoms with Crippen LogP contribution in [0.1, 0.15) is 47.7 Å². The SMILES string of the molecule is Cc1c(C(=O)Nc2ccc(F)cc2)oc2c1/C(=N\O)CC(C)(C)C2. The zero-order valence-corrected chi connectivity index (χ0v) is 13.8. The molecule has 0 saturated heterocycles. The van der Waals surface area contributed by atoms with Gasteiger partial charge >= 0.3 is 0 Å². The zero-order chi connectivity index (χ0) is 17.5. The highest BCUT2D eigenvalue weighted by Crippen LogP contribution is 2.38. The first-order valence-corrected chi connectivity index (χ1v) is 7.71. The second-order valence-electron chi connectivity index (χ2n) is 6.88. The molecule has 0 unspecified atom stereocenters. The number of furan rings is 1. The summed E-state index contributed by atoms with van der Waals surface area (Å²) in [5.41, 5.74) is 2.26. The van der Waals surface area contributed by atoms with Crippen LogP contribution in [0.15, 0.2) is 33.8 Å². The number of nitrogens with zero attached hydrogens (tertiary/aromatic N) is 1. The first-order valence-electron chi connectivity index (χ1n) is 7.71. The normalized spacial score (nSPS) is 17.6. The number of oxime groups is 1. The molecule has 0 bridgehead atoms. The summed E-state index contributed by atoms with van der Waals surface area (Å²) >= 11 is 0. The summed E-state index contributed by atoms with van der Waals surface area (Å²) in [6.45, 7) is 5.87. The molecule has 0 fully saturated rings. The van der Waals surface area contributed by atoms with Crippen molar-refractivity contribution in [2.45, 2.75) is 33.6 Å². The Labute approximate surface area is 139 Å². The van der Waals surface area contributed by atoms with Gasteiger partial charge in [-0.2, -0.15) is 0 Å². The van der Waals surface area contributed by atoms with Gasteiger partial charge in [0.05, 0.1) is 5.71 Å². The van der Waals surface area contributed by atoms with Gasteiger partial charge in [0.1, 0.15) is 11.6 Å². The number of carbonyl (C=O) groups excluding carboxylic acids is 1. The summed E-state index contributed by atoms with van der Waals surface area (Å²) in [7, 11) is 0. The lowest BCUT2D eigenvalue weighted by atomic mass is 9.75. The summed E-state index contributed by atoms with van der Waals surface area (Å²) in [6, 6.07) is 5.51. The van der Waals surface area contributed by atoms with E-state index in [2.05, 4.69) is 24.3 Å². The number of amides is 1. The van der Waals surface area contributed by atoms with E-state index < -0.39 is 5.91 Å². The van der Waals surface area contributed by atoms with Crippen molar-refractivity contribution in [3.63, 3.8) is 0 Å². The van der Waals surface area contributed by atoms with Crippen LogP contribution in [0.25, 0.3) is 0 Å². The standard InChI is InChI=1S/C18H19FN2O3/c1-10-15-13(21-23)8-18(2,3)9-14(15)24-16(10)17(22)20-12-6-4-11(19)5-7-12/h4-7,23H,8-9H2,1-3H3,(H,20,22)/b21-13-. The minimum Gasteiger partial charge on any atom is -0.455 e. The van der Waals surface area contributed by atoms with Crippen molar-refractivity contribution in [1.82, 2.24) is 0 Å². The molecule has 1 aliphatic carbocycles. The zero-order valence-electron chi connectivity index (χ0n) is 13.8. The van der Waals surface area contributed by atoms with E-state index in [4.69, 9.17) is 4.42 Å². The molecular formula is C18H19FN2O3. The molecule has 0 saturated carbocycles. The van der Waals surface area contributed by atoms with Crippen molar-refractivity contribution in [3.8, 4) is 0 Å². The van der Waals surface area contributed by atoms with E-state index in [1.54, 1.807) is 6.92 Å². The molecule has 5 nitrogen and oxygen atoms in total. The monoisotopic (exact) mass is 330 g/mol. The number of halogens is 1. The Balaban J connectivity index is 1.94. The number of rotatable bonds is 2. The lowest BCUT2D eigenvalue weighted by Gasteiger charge is -2.28. The molecule has 2 N–H and O–H groups in total. The maximum atomic E-state index is 13.0. The lowest BCUT2D eigenvalue weighted by molar-refractivity contribution is 0.0993. The third-order valence-electron chi connectivity index (χ3n) is 4.22. The van der Waals surface area contributed by atoms with Crippen LogP contribution >= 0.6 is 0 Å². The van der Waals surface area contributed by atoms with Crippen molar-refractivity contribution in [2.24, 2.45) is 10.6 Å². The fraction of sp³-hybridized carbons (Fsp3) is 0.333. The third kappa shape index (κ3) is 2.91. The van der Waals surface area contributed by atoms with Gasteiger partial charge in [0, 0.05) is 23.2 Å². The Bertz CT molecular complexity index is 820. The van der Waals surface area contributed by atoms with Gasteiger partial charge in [-0.1, -0.05) is 19.0 Å². The lowest BCUT2D eigenvalue weighted by Crippen LogP contribution is -2.27. The summed E-state index contributed by atoms with van der Waals surface area (Å²) in [5, 5.41) is 15.4. The molecule has 1 aromatic heterocycles. The summed E-state index contributed by atoms with van der Waals surface area (Å²) < 4.78 is 18.7. The smallest absolute Gasteiger partial charge is 0.291 e. The highest BCUT2D eigenvalue weighted by atomic mass is 19.1. The van der Waals surface area contributed by atoms with Crippen LogP contribution in [0.4, 0.5) is 10.1 Å². The predicted molar refractivity (Wildman–Crippen MR) is 88.2 cm³/mol. The molecule has 1 amide bonds. The third-order valence-corrected chi connectivity index (χ3v) is 4.22. The highest BCUT2D eigenvalue weighted by Gasteiger charge is 2.36. The molecule has 2 aromatic rings. The molecule has 24 heavy (non-hydrogen) atoms. The molecule has 0 aliphatic heterocycles. The Kier molecular flexibility index (Phi) is 3.91. The number of carbonyl (C=O) groups is 1. The molecule has 1 aliphatic rings. The maximum Gasteiger partial charge on any atom is 0.291 e. The fourth-order valence-electron chi connectivity index (χ4n) is 3.14. The number of anilines is 1. The van der Waals surface area contributed by atoms with Crippen LogP contribution in [0.3, 0.4) is 0 Å². The number of hydrogen-bond acceptors (Lipinski definition) is 4. The minimum absolute atomic E-state index is 0.108. The van der Waals surface area contributed by atoms with E-state index in [0.29, 0.717) is 41.1 Å². The number of hydrogen-bond donors (Lipinski definition) is 2. The van der Waals surface area contributed by atoms with Crippen molar-refractivity contribution < 1.29 is 18.8 Å². The van der Waals surface area contributed by atoms with Crippen LogP contribution in [-0.2, 0) is 6.42 Å². The molecular weight excluding hydrogens is 311 g/mol. The summed E-state index contributed by atoms with van der Waals surface area (Å²) in [6.07, 6.45) is 1.27. The Hall–Kier alpha value is -2.63. The summed E-state index contributed by atoms with van der Waals surface area (Å²) in [5.74, 6) is 0.0521. The summed E-state index contributed by atoms with van der Waals surface area (Å²) in [4.78, 5) is 12.5. The van der Waals surface area contributed by atoms with Crippen LogP contribution in [-0.4, -0.2) is 16.8 Å². The molecule has 1 aromatic carbocycles. The molecule has 126 valence electrons. The van der Waals surface area contributed by atoms with E-state index in [1.165, 1.54) is 24.3 Å². The molecule has 0 atom stereocenters. The van der Waals surface area contributed by atoms with E-state index in [1.807, 2.05) is 0 Å². The van der Waals surface area contributed by atoms with Gasteiger partial charge in [-0.3, -0.25) is 4.79 Å². The second-order valence-corrected chi connectivity index (χ2v) is 6.88. The van der Waals surface area contributed by atoms with Crippen LogP contribution in [0.5, 0.6) is 0 Å². The predicted octanol–water partition coefficient (Wildman–Crippen LogP) is 4.13. The minimum atomic E-state index is -0.413. The Morgan fingerprint density at radius 2 is 1.96 bits per heavy atom. The van der Waals surface area contributed by atoms with E-state index in [-0.39, 0.29) is 17.0 Å². The Morgan fingerprint density at radius 3 is 2.58 bits per heavy atom. The first-order chi connectivity index (χ1) is 11.3. The largest absolute Gasteiger partial charge is 0.455 e. The van der Waals surface area contributed by atoms with Crippen molar-refractivity contribution in [3.05, 3.63) is 52.7 Å². The van der Waals surface area contributed by atoms with Crippen LogP contribution < -0.4 is 5.32 Å². The maximum absolute atomic E-state index is 13.0.